The van der Waals surface area contributed by atoms with Gasteiger partial charge in [0.05, 0.1) is 13.2 Å². The van der Waals surface area contributed by atoms with E-state index in [4.69, 9.17) is 16.3 Å². The van der Waals surface area contributed by atoms with Gasteiger partial charge in [-0.25, -0.2) is 0 Å². The molecule has 1 aliphatic heterocycles. The zero-order valence-electron chi connectivity index (χ0n) is 14.4. The van der Waals surface area contributed by atoms with Gasteiger partial charge in [0, 0.05) is 35.9 Å². The fraction of sp³-hybridized carbons (Fsp3) is 0.316. The van der Waals surface area contributed by atoms with Crippen LogP contribution in [0.5, 0.6) is 0 Å². The Morgan fingerprint density at radius 1 is 1.15 bits per heavy atom. The third-order valence-electron chi connectivity index (χ3n) is 4.30. The number of carbonyl (C=O) groups excluding carboxylic acids is 2. The van der Waals surface area contributed by atoms with Crippen molar-refractivity contribution in [1.29, 1.82) is 0 Å². The first-order valence-corrected chi connectivity index (χ1v) is 8.70. The summed E-state index contributed by atoms with van der Waals surface area (Å²) in [5.74, 6) is -0.876. The Labute approximate surface area is 155 Å². The Bertz CT molecular complexity index is 887. The first-order valence-electron chi connectivity index (χ1n) is 8.32. The van der Waals surface area contributed by atoms with Crippen LogP contribution in [0.1, 0.15) is 22.0 Å². The highest BCUT2D eigenvalue weighted by Gasteiger charge is 2.34. The molecular weight excluding hydrogens is 356 g/mol. The number of aromatic nitrogens is 1. The Balaban J connectivity index is 2.04. The van der Waals surface area contributed by atoms with Crippen LogP contribution in [0.4, 0.5) is 0 Å². The van der Waals surface area contributed by atoms with Crippen LogP contribution in [0.25, 0.3) is 0 Å². The molecule has 0 aliphatic carbocycles. The summed E-state index contributed by atoms with van der Waals surface area (Å²) in [7, 11) is 0. The Kier molecular flexibility index (Phi) is 5.54. The lowest BCUT2D eigenvalue weighted by molar-refractivity contribution is -0.137. The van der Waals surface area contributed by atoms with Crippen LogP contribution in [-0.4, -0.2) is 47.5 Å². The second kappa shape index (κ2) is 7.85. The van der Waals surface area contributed by atoms with Crippen LogP contribution in [0.2, 0.25) is 5.02 Å². The highest BCUT2D eigenvalue weighted by molar-refractivity contribution is 6.31. The van der Waals surface area contributed by atoms with Gasteiger partial charge in [0.1, 0.15) is 0 Å². The molecule has 0 bridgehead atoms. The minimum absolute atomic E-state index is 0.289. The summed E-state index contributed by atoms with van der Waals surface area (Å²) in [6, 6.07) is 8.23. The van der Waals surface area contributed by atoms with Crippen molar-refractivity contribution in [2.45, 2.75) is 13.0 Å². The molecule has 2 aromatic rings. The van der Waals surface area contributed by atoms with Crippen molar-refractivity contribution in [2.24, 2.45) is 0 Å². The molecule has 1 saturated heterocycles. The lowest BCUT2D eigenvalue weighted by Crippen LogP contribution is -2.48. The average Bonchev–Trinajstić information content (AvgIpc) is 2.64. The number of ketones is 1. The third kappa shape index (κ3) is 3.86. The van der Waals surface area contributed by atoms with E-state index < -0.39 is 23.3 Å². The lowest BCUT2D eigenvalue weighted by Gasteiger charge is -2.30. The molecule has 0 spiro atoms. The van der Waals surface area contributed by atoms with Crippen molar-refractivity contribution in [3.63, 3.8) is 0 Å². The summed E-state index contributed by atoms with van der Waals surface area (Å²) >= 11 is 5.99. The highest BCUT2D eigenvalue weighted by Crippen LogP contribution is 2.20. The quantitative estimate of drug-likeness (QED) is 0.607. The van der Waals surface area contributed by atoms with E-state index in [0.717, 1.165) is 5.56 Å². The number of halogens is 1. The molecule has 0 unspecified atom stereocenters. The molecule has 1 aliphatic rings. The van der Waals surface area contributed by atoms with Gasteiger partial charge in [0.25, 0.3) is 11.5 Å². The predicted octanol–water partition coefficient (Wildman–Crippen LogP) is 2.09. The SMILES string of the molecule is Cc1ccn([C@@H](C(=O)c2cccc(Cl)c2)C(=O)N2CCOCC2)c(=O)c1. The smallest absolute Gasteiger partial charge is 0.254 e. The maximum Gasteiger partial charge on any atom is 0.254 e. The second-order valence-electron chi connectivity index (χ2n) is 6.16. The van der Waals surface area contributed by atoms with Gasteiger partial charge in [-0.05, 0) is 30.7 Å². The maximum absolute atomic E-state index is 13.1. The first kappa shape index (κ1) is 18.4. The zero-order chi connectivity index (χ0) is 18.7. The van der Waals surface area contributed by atoms with Gasteiger partial charge < -0.3 is 9.64 Å². The van der Waals surface area contributed by atoms with Crippen molar-refractivity contribution >= 4 is 23.3 Å². The van der Waals surface area contributed by atoms with Crippen LogP contribution in [0, 0.1) is 6.92 Å². The normalized spacial score (nSPS) is 15.5. The number of nitrogens with zero attached hydrogens (tertiary/aromatic N) is 2. The van der Waals surface area contributed by atoms with Gasteiger partial charge in [-0.3, -0.25) is 19.0 Å². The van der Waals surface area contributed by atoms with E-state index in [-0.39, 0.29) is 5.56 Å². The molecule has 2 heterocycles. The largest absolute Gasteiger partial charge is 0.378 e. The van der Waals surface area contributed by atoms with Gasteiger partial charge in [0.15, 0.2) is 11.8 Å². The first-order chi connectivity index (χ1) is 12.5. The Morgan fingerprint density at radius 2 is 1.88 bits per heavy atom. The highest BCUT2D eigenvalue weighted by atomic mass is 35.5. The summed E-state index contributed by atoms with van der Waals surface area (Å²) in [6.07, 6.45) is 1.49. The molecule has 0 radical (unpaired) electrons. The van der Waals surface area contributed by atoms with Crippen molar-refractivity contribution < 1.29 is 14.3 Å². The van der Waals surface area contributed by atoms with E-state index in [1.807, 2.05) is 0 Å². The molecule has 136 valence electrons. The Morgan fingerprint density at radius 3 is 2.54 bits per heavy atom. The van der Waals surface area contributed by atoms with Crippen LogP contribution in [-0.2, 0) is 9.53 Å². The van der Waals surface area contributed by atoms with E-state index in [1.165, 1.54) is 22.9 Å². The van der Waals surface area contributed by atoms with Gasteiger partial charge in [-0.2, -0.15) is 0 Å². The third-order valence-corrected chi connectivity index (χ3v) is 4.53. The molecule has 7 heteroatoms. The summed E-state index contributed by atoms with van der Waals surface area (Å²) in [6.45, 7) is 3.38. The van der Waals surface area contributed by atoms with Gasteiger partial charge in [-0.15, -0.1) is 0 Å². The minimum Gasteiger partial charge on any atom is -0.378 e. The molecule has 3 rings (SSSR count). The van der Waals surface area contributed by atoms with Crippen LogP contribution in [0.3, 0.4) is 0 Å². The molecule has 0 saturated carbocycles. The van der Waals surface area contributed by atoms with Crippen LogP contribution < -0.4 is 5.56 Å². The number of benzene rings is 1. The van der Waals surface area contributed by atoms with Crippen molar-refractivity contribution in [3.05, 3.63) is 69.1 Å². The molecule has 1 aromatic carbocycles. The number of amides is 1. The number of Topliss-reactive ketones (excluding diaryl/α,β-unsaturated/α-hetero) is 1. The van der Waals surface area contributed by atoms with E-state index in [0.29, 0.717) is 31.3 Å². The maximum atomic E-state index is 13.1. The topological polar surface area (TPSA) is 68.6 Å². The number of ether oxygens (including phenoxy) is 1. The second-order valence-corrected chi connectivity index (χ2v) is 6.60. The van der Waals surface area contributed by atoms with E-state index in [9.17, 15) is 14.4 Å². The molecule has 1 aromatic heterocycles. The van der Waals surface area contributed by atoms with E-state index in [2.05, 4.69) is 0 Å². The molecule has 1 atom stereocenters. The number of carbonyl (C=O) groups is 2. The standard InChI is InChI=1S/C19H19ClN2O4/c1-13-5-6-22(16(23)11-13)17(19(25)21-7-9-26-10-8-21)18(24)14-3-2-4-15(20)12-14/h2-6,11-12,17H,7-10H2,1H3/t17-/m0/s1. The predicted molar refractivity (Wildman–Crippen MR) is 97.7 cm³/mol. The summed E-state index contributed by atoms with van der Waals surface area (Å²) in [5, 5.41) is 0.393. The van der Waals surface area contributed by atoms with Gasteiger partial charge in [0.2, 0.25) is 0 Å². The fourth-order valence-electron chi connectivity index (χ4n) is 2.92. The van der Waals surface area contributed by atoms with Crippen molar-refractivity contribution in [1.82, 2.24) is 9.47 Å². The number of hydrogen-bond donors (Lipinski definition) is 0. The van der Waals surface area contributed by atoms with E-state index >= 15 is 0 Å². The Hall–Kier alpha value is -2.44. The van der Waals surface area contributed by atoms with Crippen molar-refractivity contribution in [2.75, 3.05) is 26.3 Å². The fourth-order valence-corrected chi connectivity index (χ4v) is 3.11. The monoisotopic (exact) mass is 374 g/mol. The summed E-state index contributed by atoms with van der Waals surface area (Å²) in [5.41, 5.74) is 0.655. The van der Waals surface area contributed by atoms with Crippen molar-refractivity contribution in [3.8, 4) is 0 Å². The average molecular weight is 375 g/mol. The van der Waals surface area contributed by atoms with Gasteiger partial charge >= 0.3 is 0 Å². The summed E-state index contributed by atoms with van der Waals surface area (Å²) < 4.78 is 6.46. The number of rotatable bonds is 4. The van der Waals surface area contributed by atoms with Crippen LogP contribution >= 0.6 is 11.6 Å². The molecule has 6 nitrogen and oxygen atoms in total. The molecule has 1 amide bonds. The molecule has 1 fully saturated rings. The zero-order valence-corrected chi connectivity index (χ0v) is 15.1. The van der Waals surface area contributed by atoms with Crippen LogP contribution in [0.15, 0.2) is 47.4 Å². The number of morpholine rings is 1. The number of hydrogen-bond acceptors (Lipinski definition) is 4. The number of aryl methyl sites for hydroxylation is 1. The van der Waals surface area contributed by atoms with E-state index in [1.54, 1.807) is 36.1 Å². The lowest BCUT2D eigenvalue weighted by atomic mass is 10.0. The van der Waals surface area contributed by atoms with Gasteiger partial charge in [-0.1, -0.05) is 23.7 Å². The molecule has 26 heavy (non-hydrogen) atoms. The molecule has 0 N–H and O–H groups in total. The number of pyridine rings is 1. The minimum atomic E-state index is -1.26. The molecular formula is C19H19ClN2O4. The summed E-state index contributed by atoms with van der Waals surface area (Å²) in [4.78, 5) is 40.2.